The largest absolute Gasteiger partial charge is 0.401 e. The molecular formula is C6H9F6N. The fraction of sp³-hybridized carbons (Fsp3) is 1.00. The highest BCUT2D eigenvalue weighted by Crippen LogP contribution is 2.39. The summed E-state index contributed by atoms with van der Waals surface area (Å²) < 4.78 is 71.0. The van der Waals surface area contributed by atoms with Gasteiger partial charge in [-0.3, -0.25) is 0 Å². The Kier molecular flexibility index (Phi) is 3.60. The van der Waals surface area contributed by atoms with E-state index in [1.54, 1.807) is 0 Å². The van der Waals surface area contributed by atoms with Gasteiger partial charge in [0.1, 0.15) is 0 Å². The van der Waals surface area contributed by atoms with Gasteiger partial charge < -0.3 is 4.90 Å². The fourth-order valence-corrected chi connectivity index (χ4v) is 0.758. The normalized spacial score (nSPS) is 14.3. The molecule has 0 aromatic heterocycles. The van der Waals surface area contributed by atoms with Crippen molar-refractivity contribution < 1.29 is 26.3 Å². The molecule has 0 aromatic rings. The van der Waals surface area contributed by atoms with Crippen molar-refractivity contribution in [3.8, 4) is 0 Å². The standard InChI is InChI=1S/C6H9F6N/c1-13(2)3-4(5(7,8)9)6(10,11)12/h4H,3H2,1-2H3. The van der Waals surface area contributed by atoms with E-state index in [0.717, 1.165) is 19.0 Å². The Labute approximate surface area is 71.3 Å². The number of hydrogen-bond acceptors (Lipinski definition) is 1. The predicted octanol–water partition coefficient (Wildman–Crippen LogP) is 2.29. The molecule has 80 valence electrons. The van der Waals surface area contributed by atoms with E-state index in [0.29, 0.717) is 0 Å². The summed E-state index contributed by atoms with van der Waals surface area (Å²) in [4.78, 5) is 0.853. The zero-order valence-corrected chi connectivity index (χ0v) is 7.00. The third-order valence-electron chi connectivity index (χ3n) is 1.34. The van der Waals surface area contributed by atoms with Crippen LogP contribution in [0.2, 0.25) is 0 Å². The van der Waals surface area contributed by atoms with Crippen molar-refractivity contribution >= 4 is 0 Å². The highest BCUT2D eigenvalue weighted by molar-refractivity contribution is 4.77. The van der Waals surface area contributed by atoms with E-state index < -0.39 is 24.8 Å². The van der Waals surface area contributed by atoms with Crippen LogP contribution in [0, 0.1) is 5.92 Å². The van der Waals surface area contributed by atoms with E-state index in [9.17, 15) is 26.3 Å². The van der Waals surface area contributed by atoms with Gasteiger partial charge in [-0.15, -0.1) is 0 Å². The van der Waals surface area contributed by atoms with Crippen LogP contribution < -0.4 is 0 Å². The van der Waals surface area contributed by atoms with Crippen molar-refractivity contribution in [3.63, 3.8) is 0 Å². The first-order valence-corrected chi connectivity index (χ1v) is 3.33. The molecule has 0 heterocycles. The summed E-state index contributed by atoms with van der Waals surface area (Å²) in [5.41, 5.74) is 0. The summed E-state index contributed by atoms with van der Waals surface area (Å²) in [6.45, 7) is -1.08. The maximum absolute atomic E-state index is 11.8. The minimum atomic E-state index is -5.23. The van der Waals surface area contributed by atoms with Gasteiger partial charge in [0.2, 0.25) is 0 Å². The van der Waals surface area contributed by atoms with Crippen molar-refractivity contribution in [1.29, 1.82) is 0 Å². The molecule has 0 N–H and O–H groups in total. The van der Waals surface area contributed by atoms with E-state index in [2.05, 4.69) is 0 Å². The topological polar surface area (TPSA) is 3.24 Å². The van der Waals surface area contributed by atoms with Crippen molar-refractivity contribution in [2.24, 2.45) is 5.92 Å². The van der Waals surface area contributed by atoms with E-state index >= 15 is 0 Å². The predicted molar refractivity (Wildman–Crippen MR) is 34.2 cm³/mol. The van der Waals surface area contributed by atoms with E-state index in [1.807, 2.05) is 0 Å². The van der Waals surface area contributed by atoms with Gasteiger partial charge in [-0.2, -0.15) is 26.3 Å². The van der Waals surface area contributed by atoms with Crippen molar-refractivity contribution in [2.45, 2.75) is 12.4 Å². The first kappa shape index (κ1) is 12.5. The lowest BCUT2D eigenvalue weighted by molar-refractivity contribution is -0.286. The lowest BCUT2D eigenvalue weighted by atomic mass is 10.1. The van der Waals surface area contributed by atoms with Gasteiger partial charge in [0.25, 0.3) is 0 Å². The van der Waals surface area contributed by atoms with Crippen LogP contribution in [-0.4, -0.2) is 37.9 Å². The molecule has 0 atom stereocenters. The quantitative estimate of drug-likeness (QED) is 0.630. The van der Waals surface area contributed by atoms with E-state index in [-0.39, 0.29) is 0 Å². The first-order chi connectivity index (χ1) is 5.55. The lowest BCUT2D eigenvalue weighted by Crippen LogP contribution is -2.43. The number of nitrogens with zero attached hydrogens (tertiary/aromatic N) is 1. The minimum absolute atomic E-state index is 0.853. The molecule has 0 rings (SSSR count). The molecule has 0 fully saturated rings. The third-order valence-corrected chi connectivity index (χ3v) is 1.34. The SMILES string of the molecule is CN(C)CC(C(F)(F)F)C(F)(F)F. The number of halogens is 6. The average Bonchev–Trinajstić information content (AvgIpc) is 1.77. The summed E-state index contributed by atoms with van der Waals surface area (Å²) in [6.07, 6.45) is -10.5. The molecule has 0 unspecified atom stereocenters. The van der Waals surface area contributed by atoms with Crippen LogP contribution >= 0.6 is 0 Å². The average molecular weight is 209 g/mol. The number of hydrogen-bond donors (Lipinski definition) is 0. The van der Waals surface area contributed by atoms with E-state index in [1.165, 1.54) is 0 Å². The molecule has 0 aliphatic carbocycles. The Morgan fingerprint density at radius 3 is 1.31 bits per heavy atom. The monoisotopic (exact) mass is 209 g/mol. The molecule has 13 heavy (non-hydrogen) atoms. The van der Waals surface area contributed by atoms with E-state index in [4.69, 9.17) is 0 Å². The molecule has 0 spiro atoms. The third kappa shape index (κ3) is 4.35. The molecule has 7 heteroatoms. The molecule has 1 nitrogen and oxygen atoms in total. The molecule has 0 saturated heterocycles. The second-order valence-electron chi connectivity index (χ2n) is 2.90. The van der Waals surface area contributed by atoms with Crippen LogP contribution in [0.1, 0.15) is 0 Å². The second kappa shape index (κ2) is 3.73. The Hall–Kier alpha value is -0.460. The summed E-state index contributed by atoms with van der Waals surface area (Å²) in [6, 6.07) is 0. The van der Waals surface area contributed by atoms with Gasteiger partial charge in [0, 0.05) is 6.54 Å². The van der Waals surface area contributed by atoms with Gasteiger partial charge in [-0.1, -0.05) is 0 Å². The summed E-state index contributed by atoms with van der Waals surface area (Å²) in [5.74, 6) is -3.27. The Morgan fingerprint density at radius 1 is 0.923 bits per heavy atom. The van der Waals surface area contributed by atoms with Gasteiger partial charge >= 0.3 is 12.4 Å². The molecule has 0 saturated carbocycles. The van der Waals surface area contributed by atoms with Crippen LogP contribution in [0.3, 0.4) is 0 Å². The minimum Gasteiger partial charge on any atom is -0.308 e. The zero-order chi connectivity index (χ0) is 10.9. The molecule has 0 amide bonds. The highest BCUT2D eigenvalue weighted by Gasteiger charge is 2.56. The Balaban J connectivity index is 4.58. The maximum Gasteiger partial charge on any atom is 0.401 e. The lowest BCUT2D eigenvalue weighted by Gasteiger charge is -2.25. The summed E-state index contributed by atoms with van der Waals surface area (Å²) in [7, 11) is 2.31. The van der Waals surface area contributed by atoms with Crippen molar-refractivity contribution in [1.82, 2.24) is 4.90 Å². The van der Waals surface area contributed by atoms with Crippen LogP contribution in [0.5, 0.6) is 0 Å². The Morgan fingerprint density at radius 2 is 1.23 bits per heavy atom. The van der Waals surface area contributed by atoms with Gasteiger partial charge in [0.05, 0.1) is 0 Å². The Bertz CT molecular complexity index is 143. The smallest absolute Gasteiger partial charge is 0.308 e. The summed E-state index contributed by atoms with van der Waals surface area (Å²) >= 11 is 0. The summed E-state index contributed by atoms with van der Waals surface area (Å²) in [5, 5.41) is 0. The molecule has 0 bridgehead atoms. The van der Waals surface area contributed by atoms with Crippen LogP contribution in [-0.2, 0) is 0 Å². The van der Waals surface area contributed by atoms with Gasteiger partial charge in [0.15, 0.2) is 5.92 Å². The maximum atomic E-state index is 11.8. The van der Waals surface area contributed by atoms with Crippen LogP contribution in [0.25, 0.3) is 0 Å². The highest BCUT2D eigenvalue weighted by atomic mass is 19.4. The van der Waals surface area contributed by atoms with Crippen molar-refractivity contribution in [3.05, 3.63) is 0 Å². The number of alkyl halides is 6. The van der Waals surface area contributed by atoms with Gasteiger partial charge in [-0.25, -0.2) is 0 Å². The molecule has 0 aromatic carbocycles. The zero-order valence-electron chi connectivity index (χ0n) is 7.00. The fourth-order valence-electron chi connectivity index (χ4n) is 0.758. The molecule has 0 radical (unpaired) electrons. The van der Waals surface area contributed by atoms with Gasteiger partial charge in [-0.05, 0) is 14.1 Å². The number of rotatable bonds is 2. The van der Waals surface area contributed by atoms with Crippen molar-refractivity contribution in [2.75, 3.05) is 20.6 Å². The van der Waals surface area contributed by atoms with Crippen LogP contribution in [0.15, 0.2) is 0 Å². The van der Waals surface area contributed by atoms with Crippen LogP contribution in [0.4, 0.5) is 26.3 Å². The second-order valence-corrected chi connectivity index (χ2v) is 2.90. The first-order valence-electron chi connectivity index (χ1n) is 3.33. The molecular weight excluding hydrogens is 200 g/mol. The molecule has 0 aliphatic heterocycles. The molecule has 0 aliphatic rings.